The molecule has 32 heavy (non-hydrogen) atoms. The first-order chi connectivity index (χ1) is 15.8. The number of halogens is 1. The fourth-order valence-electron chi connectivity index (χ4n) is 4.00. The van der Waals surface area contributed by atoms with E-state index in [1.165, 1.54) is 17.0 Å². The Morgan fingerprint density at radius 3 is 2.91 bits per heavy atom. The minimum atomic E-state index is -0.213. The quantitative estimate of drug-likeness (QED) is 0.325. The van der Waals surface area contributed by atoms with Crippen molar-refractivity contribution in [3.05, 3.63) is 89.3 Å². The van der Waals surface area contributed by atoms with Gasteiger partial charge in [0.05, 0.1) is 0 Å². The number of aromatic amines is 1. The molecule has 5 rings (SSSR count). The number of thioether (sulfide) groups is 1. The van der Waals surface area contributed by atoms with Crippen LogP contribution in [-0.4, -0.2) is 26.0 Å². The van der Waals surface area contributed by atoms with Crippen molar-refractivity contribution in [1.82, 2.24) is 19.7 Å². The fraction of sp³-hybridized carbons (Fsp3) is 0.240. The van der Waals surface area contributed by atoms with Crippen molar-refractivity contribution in [3.8, 4) is 0 Å². The summed E-state index contributed by atoms with van der Waals surface area (Å²) in [5.74, 6) is 1.38. The number of H-pyrrole nitrogens is 1. The second-order valence-corrected chi connectivity index (χ2v) is 8.79. The summed E-state index contributed by atoms with van der Waals surface area (Å²) >= 11 is 1.60. The Kier molecular flexibility index (Phi) is 6.16. The van der Waals surface area contributed by atoms with Crippen LogP contribution in [0.5, 0.6) is 0 Å². The van der Waals surface area contributed by atoms with Crippen LogP contribution in [0.2, 0.25) is 0 Å². The molecule has 0 saturated heterocycles. The zero-order chi connectivity index (χ0) is 21.8. The van der Waals surface area contributed by atoms with Gasteiger partial charge in [0.1, 0.15) is 11.6 Å². The predicted octanol–water partition coefficient (Wildman–Crippen LogP) is 5.92. The molecule has 0 radical (unpaired) electrons. The molecule has 0 spiro atoms. The highest BCUT2D eigenvalue weighted by atomic mass is 32.2. The summed E-state index contributed by atoms with van der Waals surface area (Å²) in [5.41, 5.74) is 4.43. The Bertz CT molecular complexity index is 1290. The van der Waals surface area contributed by atoms with Crippen LogP contribution in [0.3, 0.4) is 0 Å². The first-order valence-electron chi connectivity index (χ1n) is 10.8. The van der Waals surface area contributed by atoms with E-state index in [1.54, 1.807) is 23.9 Å². The highest BCUT2D eigenvalue weighted by Gasteiger charge is 2.15. The number of aliphatic imine (C=N–C) groups is 1. The number of allylic oxidation sites excluding steroid dienone is 2. The van der Waals surface area contributed by atoms with Crippen LogP contribution in [0.15, 0.2) is 76.6 Å². The van der Waals surface area contributed by atoms with Gasteiger partial charge in [0.25, 0.3) is 0 Å². The molecule has 0 amide bonds. The van der Waals surface area contributed by atoms with Gasteiger partial charge in [-0.3, -0.25) is 4.99 Å². The Balaban J connectivity index is 1.36. The second-order valence-electron chi connectivity index (χ2n) is 7.85. The molecule has 0 unspecified atom stereocenters. The van der Waals surface area contributed by atoms with Crippen molar-refractivity contribution in [3.63, 3.8) is 0 Å². The van der Waals surface area contributed by atoms with Gasteiger partial charge in [-0.2, -0.15) is 0 Å². The number of rotatable bonds is 9. The van der Waals surface area contributed by atoms with Crippen LogP contribution in [-0.2, 0) is 18.7 Å². The van der Waals surface area contributed by atoms with E-state index in [2.05, 4.69) is 55.2 Å². The molecule has 0 atom stereocenters. The highest BCUT2D eigenvalue weighted by Crippen LogP contribution is 2.26. The Hall–Kier alpha value is -3.19. The van der Waals surface area contributed by atoms with E-state index in [-0.39, 0.29) is 5.82 Å². The van der Waals surface area contributed by atoms with Gasteiger partial charge in [0.2, 0.25) is 0 Å². The van der Waals surface area contributed by atoms with Crippen LogP contribution in [0.25, 0.3) is 10.9 Å². The molecule has 0 saturated carbocycles. The third kappa shape index (κ3) is 4.67. The molecule has 0 aliphatic carbocycles. The maximum absolute atomic E-state index is 13.6. The molecule has 2 aromatic heterocycles. The van der Waals surface area contributed by atoms with Gasteiger partial charge < -0.3 is 9.55 Å². The number of hydrogen-bond acceptors (Lipinski definition) is 4. The Labute approximate surface area is 190 Å². The zero-order valence-corrected chi connectivity index (χ0v) is 18.5. The Morgan fingerprint density at radius 2 is 2.03 bits per heavy atom. The van der Waals surface area contributed by atoms with E-state index < -0.39 is 0 Å². The third-order valence-corrected chi connectivity index (χ3v) is 6.64. The Morgan fingerprint density at radius 1 is 1.09 bits per heavy atom. The topological polar surface area (TPSA) is 58.9 Å². The molecule has 7 heteroatoms. The molecule has 162 valence electrons. The summed E-state index contributed by atoms with van der Waals surface area (Å²) in [6.07, 6.45) is 9.74. The summed E-state index contributed by atoms with van der Waals surface area (Å²) < 4.78 is 15.8. The normalized spacial score (nSPS) is 13.2. The molecular weight excluding hydrogens is 421 g/mol. The summed E-state index contributed by atoms with van der Waals surface area (Å²) in [6.45, 7) is 0.822. The summed E-state index contributed by atoms with van der Waals surface area (Å²) in [7, 11) is 0. The lowest BCUT2D eigenvalue weighted by molar-refractivity contribution is 0.573. The van der Waals surface area contributed by atoms with Crippen molar-refractivity contribution in [2.24, 2.45) is 4.99 Å². The van der Waals surface area contributed by atoms with E-state index in [4.69, 9.17) is 0 Å². The lowest BCUT2D eigenvalue weighted by Crippen LogP contribution is -2.06. The minimum Gasteiger partial charge on any atom is -0.361 e. The molecule has 2 aromatic carbocycles. The number of fused-ring (bicyclic) bond motifs is 1. The molecule has 1 aliphatic heterocycles. The number of benzene rings is 2. The second kappa shape index (κ2) is 9.53. The molecule has 0 bridgehead atoms. The summed E-state index contributed by atoms with van der Waals surface area (Å²) in [6, 6.07) is 15.0. The smallest absolute Gasteiger partial charge is 0.191 e. The SMILES string of the molecule is Fc1cccc(CSc2nnc(Cc3c[nH]c4ccccc34)n2CCCC2=CCC=N2)c1. The highest BCUT2D eigenvalue weighted by molar-refractivity contribution is 7.98. The number of para-hydroxylation sites is 1. The molecule has 1 N–H and O–H groups in total. The van der Waals surface area contributed by atoms with Crippen LogP contribution < -0.4 is 0 Å². The minimum absolute atomic E-state index is 0.213. The maximum Gasteiger partial charge on any atom is 0.191 e. The molecule has 5 nitrogen and oxygen atoms in total. The zero-order valence-electron chi connectivity index (χ0n) is 17.7. The number of aromatic nitrogens is 4. The molecule has 3 heterocycles. The fourth-order valence-corrected chi connectivity index (χ4v) is 4.93. The lowest BCUT2D eigenvalue weighted by Gasteiger charge is -2.10. The van der Waals surface area contributed by atoms with Gasteiger partial charge in [-0.25, -0.2) is 4.39 Å². The molecule has 4 aromatic rings. The van der Waals surface area contributed by atoms with Crippen molar-refractivity contribution in [1.29, 1.82) is 0 Å². The van der Waals surface area contributed by atoms with E-state index in [0.29, 0.717) is 12.2 Å². The first kappa shape index (κ1) is 20.7. The van der Waals surface area contributed by atoms with Gasteiger partial charge in [-0.15, -0.1) is 10.2 Å². The summed E-state index contributed by atoms with van der Waals surface area (Å²) in [5, 5.41) is 11.1. The largest absolute Gasteiger partial charge is 0.361 e. The van der Waals surface area contributed by atoms with Crippen LogP contribution in [0, 0.1) is 5.82 Å². The predicted molar refractivity (Wildman–Crippen MR) is 128 cm³/mol. The molecular formula is C25H24FN5S. The third-order valence-electron chi connectivity index (χ3n) is 5.60. The first-order valence-corrected chi connectivity index (χ1v) is 11.8. The van der Waals surface area contributed by atoms with E-state index in [0.717, 1.165) is 53.6 Å². The number of nitrogens with zero attached hydrogens (tertiary/aromatic N) is 4. The monoisotopic (exact) mass is 445 g/mol. The van der Waals surface area contributed by atoms with Gasteiger partial charge in [0.15, 0.2) is 5.16 Å². The number of nitrogens with one attached hydrogen (secondary N) is 1. The van der Waals surface area contributed by atoms with Gasteiger partial charge in [-0.1, -0.05) is 48.2 Å². The van der Waals surface area contributed by atoms with Gasteiger partial charge >= 0.3 is 0 Å². The van der Waals surface area contributed by atoms with Crippen molar-refractivity contribution in [2.45, 2.75) is 43.1 Å². The average molecular weight is 446 g/mol. The van der Waals surface area contributed by atoms with E-state index in [1.807, 2.05) is 18.3 Å². The average Bonchev–Trinajstić information content (AvgIpc) is 3.55. The van der Waals surface area contributed by atoms with Crippen LogP contribution in [0.1, 0.15) is 36.2 Å². The van der Waals surface area contributed by atoms with E-state index in [9.17, 15) is 4.39 Å². The van der Waals surface area contributed by atoms with Crippen LogP contribution in [0.4, 0.5) is 4.39 Å². The maximum atomic E-state index is 13.6. The van der Waals surface area contributed by atoms with Crippen molar-refractivity contribution < 1.29 is 4.39 Å². The van der Waals surface area contributed by atoms with Crippen LogP contribution >= 0.6 is 11.8 Å². The van der Waals surface area contributed by atoms with Crippen molar-refractivity contribution >= 4 is 28.9 Å². The van der Waals surface area contributed by atoms with E-state index >= 15 is 0 Å². The van der Waals surface area contributed by atoms with Gasteiger partial charge in [0, 0.05) is 54.2 Å². The molecule has 1 aliphatic rings. The number of hydrogen-bond donors (Lipinski definition) is 1. The van der Waals surface area contributed by atoms with Gasteiger partial charge in [-0.05, 0) is 42.2 Å². The standard InChI is InChI=1S/C25H24FN5S/c26-20-7-3-6-18(14-20)17-32-25-30-29-24(31(25)13-5-9-21-8-4-12-27-21)15-19-16-28-23-11-2-1-10-22(19)23/h1-3,6-8,10-12,14,16,28H,4-5,9,13,15,17H2. The lowest BCUT2D eigenvalue weighted by atomic mass is 10.1. The summed E-state index contributed by atoms with van der Waals surface area (Å²) in [4.78, 5) is 7.77. The molecule has 0 fully saturated rings. The van der Waals surface area contributed by atoms with Crippen molar-refractivity contribution in [2.75, 3.05) is 0 Å².